The fraction of sp³-hybridized carbons (Fsp3) is 0.400. The Bertz CT molecular complexity index is 686. The smallest absolute Gasteiger partial charge is 0.243 e. The summed E-state index contributed by atoms with van der Waals surface area (Å²) in [6.45, 7) is 5.83. The Morgan fingerprint density at radius 2 is 2.27 bits per heavy atom. The molecular formula is C15H20N4O3. The van der Waals surface area contributed by atoms with Crippen molar-refractivity contribution < 1.29 is 14.6 Å². The van der Waals surface area contributed by atoms with Crippen LogP contribution in [0.5, 0.6) is 5.88 Å². The molecule has 7 heteroatoms. The van der Waals surface area contributed by atoms with Crippen molar-refractivity contribution in [2.24, 2.45) is 0 Å². The predicted octanol–water partition coefficient (Wildman–Crippen LogP) is 1.26. The fourth-order valence-corrected chi connectivity index (χ4v) is 1.84. The number of aromatic nitrogens is 3. The van der Waals surface area contributed by atoms with Gasteiger partial charge in [-0.05, 0) is 26.8 Å². The number of hydrogen-bond acceptors (Lipinski definition) is 5. The van der Waals surface area contributed by atoms with Crippen molar-refractivity contribution in [1.29, 1.82) is 0 Å². The highest BCUT2D eigenvalue weighted by Gasteiger charge is 2.17. The summed E-state index contributed by atoms with van der Waals surface area (Å²) >= 11 is 0. The molecule has 0 aliphatic rings. The highest BCUT2D eigenvalue weighted by Crippen LogP contribution is 2.26. The van der Waals surface area contributed by atoms with Crippen LogP contribution in [0.15, 0.2) is 18.6 Å². The highest BCUT2D eigenvalue weighted by atomic mass is 16.5. The number of aromatic amines is 1. The van der Waals surface area contributed by atoms with E-state index in [-0.39, 0.29) is 12.5 Å². The second-order valence-electron chi connectivity index (χ2n) is 5.48. The molecule has 2 aromatic rings. The van der Waals surface area contributed by atoms with Crippen molar-refractivity contribution in [3.8, 4) is 5.88 Å². The minimum absolute atomic E-state index is 0.101. The number of ether oxygens (including phenoxy) is 1. The summed E-state index contributed by atoms with van der Waals surface area (Å²) in [5.41, 5.74) is 0.383. The van der Waals surface area contributed by atoms with Crippen molar-refractivity contribution in [2.45, 2.75) is 26.4 Å². The van der Waals surface area contributed by atoms with Crippen LogP contribution < -0.4 is 10.1 Å². The molecule has 118 valence electrons. The second-order valence-corrected chi connectivity index (χ2v) is 5.48. The highest BCUT2D eigenvalue weighted by molar-refractivity contribution is 5.96. The van der Waals surface area contributed by atoms with E-state index < -0.39 is 5.60 Å². The number of H-pyrrole nitrogens is 1. The zero-order chi connectivity index (χ0) is 16.2. The lowest BCUT2D eigenvalue weighted by Crippen LogP contribution is -2.28. The molecule has 7 nitrogen and oxygen atoms in total. The molecule has 0 spiro atoms. The topological polar surface area (TPSA) is 100 Å². The average molecular weight is 304 g/mol. The third-order valence-electron chi connectivity index (χ3n) is 2.79. The van der Waals surface area contributed by atoms with Gasteiger partial charge >= 0.3 is 0 Å². The van der Waals surface area contributed by atoms with Crippen molar-refractivity contribution >= 4 is 23.0 Å². The summed E-state index contributed by atoms with van der Waals surface area (Å²) in [5, 5.41) is 13.1. The Morgan fingerprint density at radius 1 is 1.50 bits per heavy atom. The molecule has 3 N–H and O–H groups in total. The monoisotopic (exact) mass is 304 g/mol. The van der Waals surface area contributed by atoms with Gasteiger partial charge in [0.05, 0.1) is 11.0 Å². The normalized spacial score (nSPS) is 12.0. The van der Waals surface area contributed by atoms with Gasteiger partial charge in [0.1, 0.15) is 18.6 Å². The van der Waals surface area contributed by atoms with Crippen LogP contribution in [-0.2, 0) is 4.79 Å². The van der Waals surface area contributed by atoms with E-state index in [1.54, 1.807) is 26.1 Å². The summed E-state index contributed by atoms with van der Waals surface area (Å²) in [7, 11) is 0. The molecule has 0 aliphatic heterocycles. The van der Waals surface area contributed by atoms with E-state index in [0.717, 1.165) is 5.56 Å². The largest absolute Gasteiger partial charge is 0.474 e. The first-order chi connectivity index (χ1) is 10.4. The minimum atomic E-state index is -0.968. The van der Waals surface area contributed by atoms with E-state index in [2.05, 4.69) is 20.3 Å². The van der Waals surface area contributed by atoms with E-state index in [4.69, 9.17) is 4.74 Å². The lowest BCUT2D eigenvalue weighted by Gasteiger charge is -2.17. The van der Waals surface area contributed by atoms with Gasteiger partial charge in [0.15, 0.2) is 0 Å². The Kier molecular flexibility index (Phi) is 4.77. The number of carbonyl (C=O) groups is 1. The van der Waals surface area contributed by atoms with E-state index in [0.29, 0.717) is 23.5 Å². The maximum atomic E-state index is 11.5. The van der Waals surface area contributed by atoms with Crippen molar-refractivity contribution in [3.63, 3.8) is 0 Å². The number of amides is 1. The zero-order valence-electron chi connectivity index (χ0n) is 12.9. The molecule has 2 heterocycles. The number of carbonyl (C=O) groups excluding carboxylic acids is 1. The van der Waals surface area contributed by atoms with Gasteiger partial charge in [-0.25, -0.2) is 9.97 Å². The SMILES string of the molecule is CCNC(=O)/C=C/c1c[nH]c2ncnc(OCC(C)(C)O)c12. The van der Waals surface area contributed by atoms with Gasteiger partial charge in [0.25, 0.3) is 0 Å². The lowest BCUT2D eigenvalue weighted by atomic mass is 10.2. The van der Waals surface area contributed by atoms with Crippen molar-refractivity contribution in [3.05, 3.63) is 24.2 Å². The lowest BCUT2D eigenvalue weighted by molar-refractivity contribution is -0.116. The Balaban J connectivity index is 2.30. The fourth-order valence-electron chi connectivity index (χ4n) is 1.84. The maximum Gasteiger partial charge on any atom is 0.243 e. The Morgan fingerprint density at radius 3 is 2.95 bits per heavy atom. The minimum Gasteiger partial charge on any atom is -0.474 e. The van der Waals surface area contributed by atoms with Gasteiger partial charge in [-0.2, -0.15) is 0 Å². The third kappa shape index (κ3) is 4.05. The van der Waals surface area contributed by atoms with Gasteiger partial charge in [-0.3, -0.25) is 4.79 Å². The average Bonchev–Trinajstić information content (AvgIpc) is 2.86. The van der Waals surface area contributed by atoms with Crippen LogP contribution in [0.2, 0.25) is 0 Å². The van der Waals surface area contributed by atoms with Gasteiger partial charge in [-0.15, -0.1) is 0 Å². The number of rotatable bonds is 6. The first kappa shape index (κ1) is 16.0. The third-order valence-corrected chi connectivity index (χ3v) is 2.79. The van der Waals surface area contributed by atoms with Gasteiger partial charge in [-0.1, -0.05) is 0 Å². The molecule has 0 aliphatic carbocycles. The molecule has 1 amide bonds. The van der Waals surface area contributed by atoms with E-state index in [9.17, 15) is 9.90 Å². The van der Waals surface area contributed by atoms with Crippen LogP contribution in [-0.4, -0.2) is 44.7 Å². The Labute approximate surface area is 128 Å². The van der Waals surface area contributed by atoms with Crippen LogP contribution in [0.4, 0.5) is 0 Å². The van der Waals surface area contributed by atoms with E-state index in [1.807, 2.05) is 6.92 Å². The second kappa shape index (κ2) is 6.57. The van der Waals surface area contributed by atoms with Crippen molar-refractivity contribution in [1.82, 2.24) is 20.3 Å². The van der Waals surface area contributed by atoms with E-state index in [1.165, 1.54) is 12.4 Å². The van der Waals surface area contributed by atoms with Crippen LogP contribution in [0.1, 0.15) is 26.3 Å². The van der Waals surface area contributed by atoms with E-state index >= 15 is 0 Å². The molecule has 2 rings (SSSR count). The number of nitrogens with one attached hydrogen (secondary N) is 2. The molecule has 0 aromatic carbocycles. The van der Waals surface area contributed by atoms with Crippen LogP contribution in [0.25, 0.3) is 17.1 Å². The maximum absolute atomic E-state index is 11.5. The number of hydrogen-bond donors (Lipinski definition) is 3. The standard InChI is InChI=1S/C15H20N4O3/c1-4-16-11(20)6-5-10-7-17-13-12(10)14(19-9-18-13)22-8-15(2,3)21/h5-7,9,21H,4,8H2,1-3H3,(H,16,20)(H,17,18,19)/b6-5+. The first-order valence-corrected chi connectivity index (χ1v) is 7.04. The molecule has 0 fully saturated rings. The number of fused-ring (bicyclic) bond motifs is 1. The first-order valence-electron chi connectivity index (χ1n) is 7.04. The summed E-state index contributed by atoms with van der Waals surface area (Å²) in [6.07, 6.45) is 6.23. The summed E-state index contributed by atoms with van der Waals surface area (Å²) in [5.74, 6) is 0.191. The molecule has 0 unspecified atom stereocenters. The quantitative estimate of drug-likeness (QED) is 0.698. The van der Waals surface area contributed by atoms with Gasteiger partial charge in [0, 0.05) is 24.4 Å². The van der Waals surface area contributed by atoms with Gasteiger partial charge < -0.3 is 20.1 Å². The molecule has 0 radical (unpaired) electrons. The molecular weight excluding hydrogens is 284 g/mol. The molecule has 0 atom stereocenters. The van der Waals surface area contributed by atoms with Crippen LogP contribution in [0, 0.1) is 0 Å². The summed E-state index contributed by atoms with van der Waals surface area (Å²) in [4.78, 5) is 22.8. The Hall–Kier alpha value is -2.41. The summed E-state index contributed by atoms with van der Waals surface area (Å²) in [6, 6.07) is 0. The number of nitrogens with zero attached hydrogens (tertiary/aromatic N) is 2. The molecule has 22 heavy (non-hydrogen) atoms. The predicted molar refractivity (Wildman–Crippen MR) is 83.4 cm³/mol. The van der Waals surface area contributed by atoms with Crippen molar-refractivity contribution in [2.75, 3.05) is 13.2 Å². The molecule has 0 saturated carbocycles. The number of likely N-dealkylation sites (N-methyl/N-ethyl adjacent to an activating group) is 1. The molecule has 2 aromatic heterocycles. The van der Waals surface area contributed by atoms with Crippen LogP contribution in [0.3, 0.4) is 0 Å². The number of aliphatic hydroxyl groups is 1. The molecule has 0 saturated heterocycles. The summed E-state index contributed by atoms with van der Waals surface area (Å²) < 4.78 is 5.58. The van der Waals surface area contributed by atoms with Crippen LogP contribution >= 0.6 is 0 Å². The zero-order valence-corrected chi connectivity index (χ0v) is 12.9. The van der Waals surface area contributed by atoms with Gasteiger partial charge in [0.2, 0.25) is 11.8 Å². The molecule has 0 bridgehead atoms.